The van der Waals surface area contributed by atoms with Crippen LogP contribution < -0.4 is 10.3 Å². The summed E-state index contributed by atoms with van der Waals surface area (Å²) in [6, 6.07) is 23.0. The highest BCUT2D eigenvalue weighted by Gasteiger charge is 2.17. The summed E-state index contributed by atoms with van der Waals surface area (Å²) in [4.78, 5) is 19.5. The SMILES string of the molecule is O=c1c(-c2cccc(O)c2)c(Cc2ccccc2)[nH]c2ccc(N3CCOCC3)cc12. The Balaban J connectivity index is 1.69. The van der Waals surface area contributed by atoms with E-state index in [2.05, 4.69) is 28.1 Å². The van der Waals surface area contributed by atoms with Gasteiger partial charge in [-0.1, -0.05) is 42.5 Å². The summed E-state index contributed by atoms with van der Waals surface area (Å²) in [7, 11) is 0. The van der Waals surface area contributed by atoms with Gasteiger partial charge in [-0.15, -0.1) is 0 Å². The number of pyridine rings is 1. The number of hydrogen-bond donors (Lipinski definition) is 2. The van der Waals surface area contributed by atoms with Crippen LogP contribution in [0.4, 0.5) is 5.69 Å². The second kappa shape index (κ2) is 8.28. The summed E-state index contributed by atoms with van der Waals surface area (Å²) in [6.45, 7) is 3.02. The van der Waals surface area contributed by atoms with E-state index in [1.54, 1.807) is 18.2 Å². The van der Waals surface area contributed by atoms with Gasteiger partial charge in [-0.25, -0.2) is 0 Å². The van der Waals surface area contributed by atoms with Crippen LogP contribution in [-0.2, 0) is 11.2 Å². The normalized spacial score (nSPS) is 14.1. The molecule has 0 amide bonds. The molecule has 156 valence electrons. The first-order valence-electron chi connectivity index (χ1n) is 10.5. The molecule has 5 nitrogen and oxygen atoms in total. The summed E-state index contributed by atoms with van der Waals surface area (Å²) < 4.78 is 5.46. The number of morpholine rings is 1. The Morgan fingerprint density at radius 3 is 2.52 bits per heavy atom. The summed E-state index contributed by atoms with van der Waals surface area (Å²) in [6.07, 6.45) is 0.599. The molecule has 4 aromatic rings. The highest BCUT2D eigenvalue weighted by Crippen LogP contribution is 2.28. The molecule has 5 rings (SSSR count). The topological polar surface area (TPSA) is 65.6 Å². The fourth-order valence-corrected chi connectivity index (χ4v) is 4.24. The van der Waals surface area contributed by atoms with E-state index in [9.17, 15) is 9.90 Å². The van der Waals surface area contributed by atoms with Gasteiger partial charge in [0, 0.05) is 47.4 Å². The first kappa shape index (κ1) is 19.4. The zero-order chi connectivity index (χ0) is 21.2. The predicted octanol–water partition coefficient (Wildman–Crippen LogP) is 4.33. The zero-order valence-electron chi connectivity index (χ0n) is 17.2. The van der Waals surface area contributed by atoms with Crippen molar-refractivity contribution < 1.29 is 9.84 Å². The smallest absolute Gasteiger partial charge is 0.197 e. The van der Waals surface area contributed by atoms with Crippen LogP contribution in [0.15, 0.2) is 77.6 Å². The van der Waals surface area contributed by atoms with Crippen molar-refractivity contribution in [2.45, 2.75) is 6.42 Å². The lowest BCUT2D eigenvalue weighted by Crippen LogP contribution is -2.36. The number of aromatic nitrogens is 1. The maximum Gasteiger partial charge on any atom is 0.197 e. The van der Waals surface area contributed by atoms with Crippen LogP contribution in [-0.4, -0.2) is 36.4 Å². The van der Waals surface area contributed by atoms with Gasteiger partial charge in [0.15, 0.2) is 5.43 Å². The Kier molecular flexibility index (Phi) is 5.18. The highest BCUT2D eigenvalue weighted by atomic mass is 16.5. The molecule has 1 saturated heterocycles. The minimum atomic E-state index is -0.0274. The number of rotatable bonds is 4. The first-order valence-corrected chi connectivity index (χ1v) is 10.5. The van der Waals surface area contributed by atoms with Crippen LogP contribution in [0.5, 0.6) is 5.75 Å². The molecule has 3 aromatic carbocycles. The van der Waals surface area contributed by atoms with Crippen LogP contribution >= 0.6 is 0 Å². The lowest BCUT2D eigenvalue weighted by molar-refractivity contribution is 0.122. The summed E-state index contributed by atoms with van der Waals surface area (Å²) in [5.74, 6) is 0.143. The molecule has 0 saturated carbocycles. The molecule has 0 spiro atoms. The standard InChI is InChI=1S/C26H24N2O3/c29-21-8-4-7-19(16-21)25-24(15-18-5-2-1-3-6-18)27-23-10-9-20(17-22(23)26(25)30)28-11-13-31-14-12-28/h1-10,16-17,29H,11-15H2,(H,27,30). The third-order valence-corrected chi connectivity index (χ3v) is 5.80. The maximum absolute atomic E-state index is 13.7. The fourth-order valence-electron chi connectivity index (χ4n) is 4.24. The largest absolute Gasteiger partial charge is 0.508 e. The molecule has 0 unspecified atom stereocenters. The second-order valence-corrected chi connectivity index (χ2v) is 7.85. The van der Waals surface area contributed by atoms with Gasteiger partial charge in [-0.05, 0) is 41.5 Å². The number of ether oxygens (including phenoxy) is 1. The predicted molar refractivity (Wildman–Crippen MR) is 124 cm³/mol. The average Bonchev–Trinajstić information content (AvgIpc) is 2.80. The van der Waals surface area contributed by atoms with E-state index in [4.69, 9.17) is 4.74 Å². The number of nitrogens with zero attached hydrogens (tertiary/aromatic N) is 1. The van der Waals surface area contributed by atoms with E-state index >= 15 is 0 Å². The van der Waals surface area contributed by atoms with Gasteiger partial charge >= 0.3 is 0 Å². The van der Waals surface area contributed by atoms with E-state index < -0.39 is 0 Å². The van der Waals surface area contributed by atoms with Crippen LogP contribution in [0.25, 0.3) is 22.0 Å². The Labute approximate surface area is 180 Å². The molecule has 1 aliphatic rings. The summed E-state index contributed by atoms with van der Waals surface area (Å²) in [5.41, 5.74) is 5.09. The van der Waals surface area contributed by atoms with Gasteiger partial charge in [-0.2, -0.15) is 0 Å². The molecular weight excluding hydrogens is 388 g/mol. The van der Waals surface area contributed by atoms with Crippen molar-refractivity contribution in [3.05, 3.63) is 94.3 Å². The van der Waals surface area contributed by atoms with Crippen LogP contribution in [0, 0.1) is 0 Å². The number of benzene rings is 3. The molecule has 5 heteroatoms. The third-order valence-electron chi connectivity index (χ3n) is 5.80. The van der Waals surface area contributed by atoms with Crippen LogP contribution in [0.2, 0.25) is 0 Å². The van der Waals surface area contributed by atoms with Gasteiger partial charge in [-0.3, -0.25) is 4.79 Å². The fraction of sp³-hybridized carbons (Fsp3) is 0.192. The molecule has 2 N–H and O–H groups in total. The third kappa shape index (κ3) is 3.92. The summed E-state index contributed by atoms with van der Waals surface area (Å²) >= 11 is 0. The molecule has 0 atom stereocenters. The number of hydrogen-bond acceptors (Lipinski definition) is 4. The van der Waals surface area contributed by atoms with E-state index in [0.29, 0.717) is 36.1 Å². The number of nitrogens with one attached hydrogen (secondary N) is 1. The molecule has 31 heavy (non-hydrogen) atoms. The van der Waals surface area contributed by atoms with Crippen molar-refractivity contribution >= 4 is 16.6 Å². The molecular formula is C26H24N2O3. The van der Waals surface area contributed by atoms with E-state index in [1.807, 2.05) is 36.4 Å². The lowest BCUT2D eigenvalue weighted by atomic mass is 9.96. The number of anilines is 1. The van der Waals surface area contributed by atoms with Crippen molar-refractivity contribution in [3.8, 4) is 16.9 Å². The number of aromatic hydroxyl groups is 1. The molecule has 1 aromatic heterocycles. The summed E-state index contributed by atoms with van der Waals surface area (Å²) in [5, 5.41) is 10.7. The van der Waals surface area contributed by atoms with Crippen LogP contribution in [0.1, 0.15) is 11.3 Å². The van der Waals surface area contributed by atoms with E-state index in [-0.39, 0.29) is 11.2 Å². The van der Waals surface area contributed by atoms with Gasteiger partial charge in [0.2, 0.25) is 0 Å². The van der Waals surface area contributed by atoms with Gasteiger partial charge in [0.05, 0.1) is 13.2 Å². The van der Waals surface area contributed by atoms with Crippen molar-refractivity contribution in [2.24, 2.45) is 0 Å². The molecule has 1 fully saturated rings. The van der Waals surface area contributed by atoms with Crippen molar-refractivity contribution in [1.82, 2.24) is 4.98 Å². The number of aromatic amines is 1. The molecule has 1 aliphatic heterocycles. The highest BCUT2D eigenvalue weighted by molar-refractivity contribution is 5.88. The van der Waals surface area contributed by atoms with Crippen molar-refractivity contribution in [1.29, 1.82) is 0 Å². The minimum Gasteiger partial charge on any atom is -0.508 e. The Hall–Kier alpha value is -3.57. The number of fused-ring (bicyclic) bond motifs is 1. The van der Waals surface area contributed by atoms with Gasteiger partial charge in [0.1, 0.15) is 5.75 Å². The van der Waals surface area contributed by atoms with E-state index in [1.165, 1.54) is 0 Å². The van der Waals surface area contributed by atoms with E-state index in [0.717, 1.165) is 35.6 Å². The van der Waals surface area contributed by atoms with Crippen molar-refractivity contribution in [2.75, 3.05) is 31.2 Å². The van der Waals surface area contributed by atoms with Gasteiger partial charge in [0.25, 0.3) is 0 Å². The number of phenolic OH excluding ortho intramolecular Hbond substituents is 1. The molecule has 0 radical (unpaired) electrons. The lowest BCUT2D eigenvalue weighted by Gasteiger charge is -2.29. The molecule has 0 bridgehead atoms. The number of H-pyrrole nitrogens is 1. The quantitative estimate of drug-likeness (QED) is 0.524. The molecule has 0 aliphatic carbocycles. The Bertz CT molecular complexity index is 1280. The average molecular weight is 412 g/mol. The monoisotopic (exact) mass is 412 g/mol. The van der Waals surface area contributed by atoms with Crippen molar-refractivity contribution in [3.63, 3.8) is 0 Å². The van der Waals surface area contributed by atoms with Gasteiger partial charge < -0.3 is 19.7 Å². The molecule has 2 heterocycles. The Morgan fingerprint density at radius 1 is 0.935 bits per heavy atom. The minimum absolute atomic E-state index is 0.0274. The van der Waals surface area contributed by atoms with Crippen LogP contribution in [0.3, 0.4) is 0 Å². The Morgan fingerprint density at radius 2 is 1.74 bits per heavy atom. The number of phenols is 1. The zero-order valence-corrected chi connectivity index (χ0v) is 17.2. The first-order chi connectivity index (χ1) is 15.2. The maximum atomic E-state index is 13.7. The second-order valence-electron chi connectivity index (χ2n) is 7.85.